The molecule has 0 unspecified atom stereocenters. The standard InChI is InChI=1S/C20H24FN3O4S/c1-22-29(26,27)17-7-8-19(21)18(15-17)20(25)24-11-9-23(10-12-24)13-14-28-16-5-3-2-4-6-16/h2-8,15,22H,9-14H2,1H3. The second kappa shape index (κ2) is 9.34. The van der Waals surface area contributed by atoms with Crippen LogP contribution in [-0.4, -0.2) is 70.5 Å². The summed E-state index contributed by atoms with van der Waals surface area (Å²) in [6.45, 7) is 3.41. The first-order valence-corrected chi connectivity index (χ1v) is 10.8. The Bertz CT molecular complexity index is 945. The summed E-state index contributed by atoms with van der Waals surface area (Å²) in [5.41, 5.74) is -0.234. The van der Waals surface area contributed by atoms with E-state index in [1.807, 2.05) is 30.3 Å². The maximum atomic E-state index is 14.2. The van der Waals surface area contributed by atoms with Gasteiger partial charge >= 0.3 is 0 Å². The normalized spacial score (nSPS) is 15.3. The van der Waals surface area contributed by atoms with Crippen molar-refractivity contribution >= 4 is 15.9 Å². The first-order chi connectivity index (χ1) is 13.9. The quantitative estimate of drug-likeness (QED) is 0.734. The van der Waals surface area contributed by atoms with Gasteiger partial charge in [-0.05, 0) is 37.4 Å². The lowest BCUT2D eigenvalue weighted by Crippen LogP contribution is -2.49. The monoisotopic (exact) mass is 421 g/mol. The molecule has 1 aliphatic rings. The van der Waals surface area contributed by atoms with Gasteiger partial charge in [-0.1, -0.05) is 18.2 Å². The van der Waals surface area contributed by atoms with Crippen LogP contribution in [0.25, 0.3) is 0 Å². The maximum absolute atomic E-state index is 14.2. The first kappa shape index (κ1) is 21.2. The third-order valence-electron chi connectivity index (χ3n) is 4.83. The molecule has 9 heteroatoms. The zero-order chi connectivity index (χ0) is 20.9. The molecule has 2 aromatic rings. The van der Waals surface area contributed by atoms with E-state index in [2.05, 4.69) is 9.62 Å². The number of hydrogen-bond acceptors (Lipinski definition) is 5. The van der Waals surface area contributed by atoms with Crippen molar-refractivity contribution in [3.05, 3.63) is 59.9 Å². The molecule has 1 amide bonds. The highest BCUT2D eigenvalue weighted by atomic mass is 32.2. The van der Waals surface area contributed by atoms with E-state index in [-0.39, 0.29) is 10.5 Å². The van der Waals surface area contributed by atoms with Crippen LogP contribution in [0.5, 0.6) is 5.75 Å². The minimum absolute atomic E-state index is 0.138. The Hall–Kier alpha value is -2.49. The summed E-state index contributed by atoms with van der Waals surface area (Å²) in [5, 5.41) is 0. The van der Waals surface area contributed by atoms with E-state index in [1.54, 1.807) is 4.90 Å². The van der Waals surface area contributed by atoms with Gasteiger partial charge in [0.2, 0.25) is 10.0 Å². The zero-order valence-corrected chi connectivity index (χ0v) is 17.0. The molecule has 0 bridgehead atoms. The van der Waals surface area contributed by atoms with Crippen molar-refractivity contribution in [2.24, 2.45) is 0 Å². The van der Waals surface area contributed by atoms with Crippen LogP contribution >= 0.6 is 0 Å². The fourth-order valence-corrected chi connectivity index (χ4v) is 3.86. The van der Waals surface area contributed by atoms with E-state index >= 15 is 0 Å². The van der Waals surface area contributed by atoms with Gasteiger partial charge in [-0.3, -0.25) is 9.69 Å². The number of hydrogen-bond donors (Lipinski definition) is 1. The van der Waals surface area contributed by atoms with Crippen molar-refractivity contribution in [3.63, 3.8) is 0 Å². The molecule has 29 heavy (non-hydrogen) atoms. The third-order valence-corrected chi connectivity index (χ3v) is 6.24. The van der Waals surface area contributed by atoms with Crippen LogP contribution in [0.1, 0.15) is 10.4 Å². The average Bonchev–Trinajstić information content (AvgIpc) is 2.75. The van der Waals surface area contributed by atoms with Crippen LogP contribution in [0.15, 0.2) is 53.4 Å². The number of piperazine rings is 1. The number of ether oxygens (including phenoxy) is 1. The summed E-state index contributed by atoms with van der Waals surface area (Å²) >= 11 is 0. The molecule has 7 nitrogen and oxygen atoms in total. The molecule has 0 radical (unpaired) electrons. The number of nitrogens with one attached hydrogen (secondary N) is 1. The summed E-state index contributed by atoms with van der Waals surface area (Å²) in [7, 11) is -2.49. The molecule has 1 N–H and O–H groups in total. The lowest BCUT2D eigenvalue weighted by molar-refractivity contribution is 0.0615. The van der Waals surface area contributed by atoms with Crippen molar-refractivity contribution in [3.8, 4) is 5.75 Å². The Kier molecular flexibility index (Phi) is 6.83. The van der Waals surface area contributed by atoms with E-state index in [0.29, 0.717) is 32.8 Å². The van der Waals surface area contributed by atoms with Gasteiger partial charge in [0.25, 0.3) is 5.91 Å². The number of halogens is 1. The van der Waals surface area contributed by atoms with Gasteiger partial charge in [0.15, 0.2) is 0 Å². The summed E-state index contributed by atoms with van der Waals surface area (Å²) in [4.78, 5) is 16.3. The lowest BCUT2D eigenvalue weighted by atomic mass is 10.1. The average molecular weight is 421 g/mol. The second-order valence-electron chi connectivity index (χ2n) is 6.64. The van der Waals surface area contributed by atoms with Crippen molar-refractivity contribution in [1.29, 1.82) is 0 Å². The molecule has 3 rings (SSSR count). The fraction of sp³-hybridized carbons (Fsp3) is 0.350. The van der Waals surface area contributed by atoms with Gasteiger partial charge < -0.3 is 9.64 Å². The van der Waals surface area contributed by atoms with Crippen molar-refractivity contribution in [2.45, 2.75) is 4.90 Å². The van der Waals surface area contributed by atoms with Crippen molar-refractivity contribution in [1.82, 2.24) is 14.5 Å². The Morgan fingerprint density at radius 3 is 2.45 bits per heavy atom. The molecule has 0 saturated carbocycles. The summed E-state index contributed by atoms with van der Waals surface area (Å²) in [5.74, 6) is -0.423. The predicted molar refractivity (Wildman–Crippen MR) is 107 cm³/mol. The highest BCUT2D eigenvalue weighted by Crippen LogP contribution is 2.18. The molecule has 1 saturated heterocycles. The molecule has 0 aromatic heterocycles. The van der Waals surface area contributed by atoms with E-state index in [4.69, 9.17) is 4.74 Å². The zero-order valence-electron chi connectivity index (χ0n) is 16.2. The highest BCUT2D eigenvalue weighted by molar-refractivity contribution is 7.89. The van der Waals surface area contributed by atoms with Gasteiger partial charge in [0, 0.05) is 32.7 Å². The van der Waals surface area contributed by atoms with Gasteiger partial charge in [-0.15, -0.1) is 0 Å². The minimum Gasteiger partial charge on any atom is -0.492 e. The van der Waals surface area contributed by atoms with Crippen LogP contribution in [0.3, 0.4) is 0 Å². The lowest BCUT2D eigenvalue weighted by Gasteiger charge is -2.34. The summed E-state index contributed by atoms with van der Waals surface area (Å²) in [6, 6.07) is 12.8. The summed E-state index contributed by atoms with van der Waals surface area (Å²) in [6.07, 6.45) is 0. The highest BCUT2D eigenvalue weighted by Gasteiger charge is 2.25. The van der Waals surface area contributed by atoms with Gasteiger partial charge in [-0.2, -0.15) is 0 Å². The smallest absolute Gasteiger partial charge is 0.256 e. The third kappa shape index (κ3) is 5.31. The number of carbonyl (C=O) groups excluding carboxylic acids is 1. The number of rotatable bonds is 7. The predicted octanol–water partition coefficient (Wildman–Crippen LogP) is 1.57. The Morgan fingerprint density at radius 2 is 1.79 bits per heavy atom. The van der Waals surface area contributed by atoms with Crippen LogP contribution in [0.4, 0.5) is 4.39 Å². The molecular weight excluding hydrogens is 397 g/mol. The molecule has 0 atom stereocenters. The second-order valence-corrected chi connectivity index (χ2v) is 8.53. The fourth-order valence-electron chi connectivity index (χ4n) is 3.11. The SMILES string of the molecule is CNS(=O)(=O)c1ccc(F)c(C(=O)N2CCN(CCOc3ccccc3)CC2)c1. The van der Waals surface area contributed by atoms with Crippen molar-refractivity contribution < 1.29 is 22.3 Å². The summed E-state index contributed by atoms with van der Waals surface area (Å²) < 4.78 is 45.9. The number of nitrogens with zero attached hydrogens (tertiary/aromatic N) is 2. The molecule has 1 aliphatic heterocycles. The molecule has 0 aliphatic carbocycles. The van der Waals surface area contributed by atoms with E-state index in [9.17, 15) is 17.6 Å². The Morgan fingerprint density at radius 1 is 1.10 bits per heavy atom. The maximum Gasteiger partial charge on any atom is 0.256 e. The molecule has 1 heterocycles. The molecule has 2 aromatic carbocycles. The molecule has 0 spiro atoms. The van der Waals surface area contributed by atoms with Gasteiger partial charge in [-0.25, -0.2) is 17.5 Å². The van der Waals surface area contributed by atoms with Gasteiger partial charge in [0.05, 0.1) is 10.5 Å². The van der Waals surface area contributed by atoms with Crippen molar-refractivity contribution in [2.75, 3.05) is 46.4 Å². The van der Waals surface area contributed by atoms with E-state index < -0.39 is 21.7 Å². The Balaban J connectivity index is 1.55. The minimum atomic E-state index is -3.75. The number of carbonyl (C=O) groups is 1. The topological polar surface area (TPSA) is 79.0 Å². The van der Waals surface area contributed by atoms with Crippen LogP contribution in [0.2, 0.25) is 0 Å². The molecular formula is C20H24FN3O4S. The van der Waals surface area contributed by atoms with E-state index in [0.717, 1.165) is 30.5 Å². The van der Waals surface area contributed by atoms with Crippen LogP contribution < -0.4 is 9.46 Å². The largest absolute Gasteiger partial charge is 0.492 e. The molecule has 156 valence electrons. The first-order valence-electron chi connectivity index (χ1n) is 9.33. The number of benzene rings is 2. The van der Waals surface area contributed by atoms with Crippen LogP contribution in [0, 0.1) is 5.82 Å². The number of amides is 1. The Labute approximate surface area is 170 Å². The van der Waals surface area contributed by atoms with Gasteiger partial charge in [0.1, 0.15) is 18.2 Å². The molecule has 1 fully saturated rings. The van der Waals surface area contributed by atoms with Crippen LogP contribution in [-0.2, 0) is 10.0 Å². The number of sulfonamides is 1. The van der Waals surface area contributed by atoms with E-state index in [1.165, 1.54) is 7.05 Å². The number of para-hydroxylation sites is 1.